The van der Waals surface area contributed by atoms with E-state index >= 15 is 0 Å². The summed E-state index contributed by atoms with van der Waals surface area (Å²) in [7, 11) is 0. The Kier molecular flexibility index (Phi) is 4.87. The zero-order valence-corrected chi connectivity index (χ0v) is 13.6. The van der Waals surface area contributed by atoms with E-state index in [1.807, 2.05) is 0 Å². The smallest absolute Gasteiger partial charge is 0.157 e. The van der Waals surface area contributed by atoms with Gasteiger partial charge in [0.1, 0.15) is 23.4 Å². The number of aromatic hydroxyl groups is 4. The molecule has 3 rings (SSSR count). The van der Waals surface area contributed by atoms with Crippen molar-refractivity contribution in [2.45, 2.75) is 25.0 Å². The minimum Gasteiger partial charge on any atom is -0.508 e. The second-order valence-corrected chi connectivity index (χ2v) is 5.98. The van der Waals surface area contributed by atoms with E-state index in [4.69, 9.17) is 15.2 Å². The molecule has 0 bridgehead atoms. The zero-order valence-electron chi connectivity index (χ0n) is 13.6. The van der Waals surface area contributed by atoms with Crippen LogP contribution in [0.1, 0.15) is 23.7 Å². The summed E-state index contributed by atoms with van der Waals surface area (Å²) in [4.78, 5) is 0. The van der Waals surface area contributed by atoms with Crippen LogP contribution in [0.2, 0.25) is 0 Å². The van der Waals surface area contributed by atoms with Crippen LogP contribution in [0.5, 0.6) is 28.7 Å². The molecule has 7 nitrogen and oxygen atoms in total. The zero-order chi connectivity index (χ0) is 18.0. The van der Waals surface area contributed by atoms with Crippen molar-refractivity contribution in [3.05, 3.63) is 41.5 Å². The first-order valence-electron chi connectivity index (χ1n) is 8.04. The molecule has 2 aromatic carbocycles. The monoisotopic (exact) mass is 347 g/mol. The Morgan fingerprint density at radius 1 is 1.04 bits per heavy atom. The highest BCUT2D eigenvalue weighted by atomic mass is 16.5. The molecular formula is C18H21NO6. The molecule has 0 spiro atoms. The average molecular weight is 347 g/mol. The van der Waals surface area contributed by atoms with E-state index in [1.165, 1.54) is 24.3 Å². The molecule has 0 fully saturated rings. The van der Waals surface area contributed by atoms with Crippen molar-refractivity contribution in [1.29, 1.82) is 0 Å². The average Bonchev–Trinajstić information content (AvgIpc) is 2.57. The summed E-state index contributed by atoms with van der Waals surface area (Å²) in [5.41, 5.74) is 6.67. The van der Waals surface area contributed by atoms with E-state index in [2.05, 4.69) is 0 Å². The van der Waals surface area contributed by atoms with Gasteiger partial charge in [0.15, 0.2) is 17.6 Å². The minimum absolute atomic E-state index is 0.0607. The van der Waals surface area contributed by atoms with Crippen LogP contribution >= 0.6 is 0 Å². The van der Waals surface area contributed by atoms with Crippen LogP contribution < -0.4 is 10.5 Å². The van der Waals surface area contributed by atoms with E-state index < -0.39 is 12.2 Å². The molecule has 0 amide bonds. The lowest BCUT2D eigenvalue weighted by atomic mass is 9.93. The third-order valence-corrected chi connectivity index (χ3v) is 4.18. The summed E-state index contributed by atoms with van der Waals surface area (Å²) in [5, 5.41) is 39.0. The number of rotatable bonds is 5. The van der Waals surface area contributed by atoms with E-state index in [1.54, 1.807) is 6.07 Å². The van der Waals surface area contributed by atoms with Gasteiger partial charge in [-0.05, 0) is 30.7 Å². The standard InChI is InChI=1S/C18H21NO6/c19-4-1-5-24-17-9-12-14(22)7-11(20)8-16(12)25-18(17)10-2-3-13(21)15(23)6-10/h2-3,6-8,17-18,20-23H,1,4-5,9,19H2/t17-,18+/m0/s1. The van der Waals surface area contributed by atoms with Crippen LogP contribution in [-0.2, 0) is 11.2 Å². The molecule has 134 valence electrons. The Labute approximate surface area is 144 Å². The molecule has 2 atom stereocenters. The fourth-order valence-electron chi connectivity index (χ4n) is 2.91. The van der Waals surface area contributed by atoms with Crippen molar-refractivity contribution >= 4 is 0 Å². The molecule has 0 aromatic heterocycles. The van der Waals surface area contributed by atoms with Crippen LogP contribution in [-0.4, -0.2) is 39.7 Å². The molecule has 2 aromatic rings. The number of fused-ring (bicyclic) bond motifs is 1. The maximum absolute atomic E-state index is 10.1. The lowest BCUT2D eigenvalue weighted by Gasteiger charge is -2.34. The van der Waals surface area contributed by atoms with Crippen molar-refractivity contribution in [3.63, 3.8) is 0 Å². The first-order valence-corrected chi connectivity index (χ1v) is 8.04. The number of nitrogens with two attached hydrogens (primary N) is 1. The molecule has 1 aliphatic rings. The maximum atomic E-state index is 10.1. The van der Waals surface area contributed by atoms with Gasteiger partial charge in [0.25, 0.3) is 0 Å². The third-order valence-electron chi connectivity index (χ3n) is 4.18. The van der Waals surface area contributed by atoms with Gasteiger partial charge in [-0.2, -0.15) is 0 Å². The Balaban J connectivity index is 1.95. The van der Waals surface area contributed by atoms with Crippen molar-refractivity contribution in [1.82, 2.24) is 0 Å². The van der Waals surface area contributed by atoms with Gasteiger partial charge in [-0.1, -0.05) is 6.07 Å². The Bertz CT molecular complexity index is 763. The van der Waals surface area contributed by atoms with E-state index in [0.29, 0.717) is 42.9 Å². The van der Waals surface area contributed by atoms with Gasteiger partial charge in [-0.25, -0.2) is 0 Å². The molecule has 0 saturated carbocycles. The van der Waals surface area contributed by atoms with Crippen molar-refractivity contribution < 1.29 is 29.9 Å². The second kappa shape index (κ2) is 7.08. The SMILES string of the molecule is NCCCO[C@H]1Cc2c(O)cc(O)cc2O[C@@H]1c1ccc(O)c(O)c1. The predicted octanol–water partition coefficient (Wildman–Crippen LogP) is 1.92. The van der Waals surface area contributed by atoms with Crippen LogP contribution in [0, 0.1) is 0 Å². The van der Waals surface area contributed by atoms with Crippen LogP contribution in [0.25, 0.3) is 0 Å². The quantitative estimate of drug-likeness (QED) is 0.413. The highest BCUT2D eigenvalue weighted by Gasteiger charge is 2.34. The number of hydrogen-bond acceptors (Lipinski definition) is 7. The van der Waals surface area contributed by atoms with Gasteiger partial charge in [-0.3, -0.25) is 0 Å². The Morgan fingerprint density at radius 3 is 2.56 bits per heavy atom. The fraction of sp³-hybridized carbons (Fsp3) is 0.333. The number of phenolic OH excluding ortho intramolecular Hbond substituents is 4. The van der Waals surface area contributed by atoms with Gasteiger partial charge in [0.05, 0.1) is 0 Å². The lowest BCUT2D eigenvalue weighted by Crippen LogP contribution is -2.33. The molecule has 7 heteroatoms. The highest BCUT2D eigenvalue weighted by Crippen LogP contribution is 2.43. The molecule has 0 radical (unpaired) electrons. The van der Waals surface area contributed by atoms with Gasteiger partial charge < -0.3 is 35.6 Å². The molecular weight excluding hydrogens is 326 g/mol. The number of phenols is 4. The maximum Gasteiger partial charge on any atom is 0.157 e. The number of benzene rings is 2. The Hall–Kier alpha value is -2.64. The van der Waals surface area contributed by atoms with E-state index in [0.717, 1.165) is 0 Å². The molecule has 0 saturated heterocycles. The summed E-state index contributed by atoms with van der Waals surface area (Å²) < 4.78 is 11.8. The third kappa shape index (κ3) is 3.57. The molecule has 1 heterocycles. The lowest BCUT2D eigenvalue weighted by molar-refractivity contribution is -0.0384. The van der Waals surface area contributed by atoms with Crippen LogP contribution in [0.15, 0.2) is 30.3 Å². The number of hydrogen-bond donors (Lipinski definition) is 5. The normalized spacial score (nSPS) is 19.2. The van der Waals surface area contributed by atoms with Gasteiger partial charge in [0, 0.05) is 30.7 Å². The highest BCUT2D eigenvalue weighted by molar-refractivity contribution is 5.52. The van der Waals surface area contributed by atoms with Crippen molar-refractivity contribution in [2.75, 3.05) is 13.2 Å². The van der Waals surface area contributed by atoms with Crippen LogP contribution in [0.3, 0.4) is 0 Å². The Morgan fingerprint density at radius 2 is 1.84 bits per heavy atom. The molecule has 0 unspecified atom stereocenters. The summed E-state index contributed by atoms with van der Waals surface area (Å²) >= 11 is 0. The van der Waals surface area contributed by atoms with Gasteiger partial charge in [0.2, 0.25) is 0 Å². The summed E-state index contributed by atoms with van der Waals surface area (Å²) in [6.07, 6.45) is 0.0629. The first-order chi connectivity index (χ1) is 12.0. The number of ether oxygens (including phenoxy) is 2. The van der Waals surface area contributed by atoms with Crippen molar-refractivity contribution in [3.8, 4) is 28.7 Å². The minimum atomic E-state index is -0.571. The van der Waals surface area contributed by atoms with E-state index in [-0.39, 0.29) is 23.0 Å². The largest absolute Gasteiger partial charge is 0.508 e. The van der Waals surface area contributed by atoms with Gasteiger partial charge >= 0.3 is 0 Å². The molecule has 0 aliphatic carbocycles. The summed E-state index contributed by atoms with van der Waals surface area (Å²) in [6, 6.07) is 7.10. The predicted molar refractivity (Wildman–Crippen MR) is 90.0 cm³/mol. The second-order valence-electron chi connectivity index (χ2n) is 5.98. The van der Waals surface area contributed by atoms with E-state index in [9.17, 15) is 20.4 Å². The fourth-order valence-corrected chi connectivity index (χ4v) is 2.91. The topological polar surface area (TPSA) is 125 Å². The summed E-state index contributed by atoms with van der Waals surface area (Å²) in [6.45, 7) is 0.924. The first kappa shape index (κ1) is 17.2. The molecule has 25 heavy (non-hydrogen) atoms. The van der Waals surface area contributed by atoms with Crippen molar-refractivity contribution in [2.24, 2.45) is 5.73 Å². The summed E-state index contributed by atoms with van der Waals surface area (Å²) in [5.74, 6) is -0.295. The van der Waals surface area contributed by atoms with Crippen LogP contribution in [0.4, 0.5) is 0 Å². The van der Waals surface area contributed by atoms with Gasteiger partial charge in [-0.15, -0.1) is 0 Å². The molecule has 6 N–H and O–H groups in total. The molecule has 1 aliphatic heterocycles.